The van der Waals surface area contributed by atoms with Gasteiger partial charge in [-0.1, -0.05) is 42.5 Å². The maximum Gasteiger partial charge on any atom is 0.0992 e. The van der Waals surface area contributed by atoms with E-state index in [1.54, 1.807) is 0 Å². The van der Waals surface area contributed by atoms with E-state index >= 15 is 0 Å². The molecule has 0 saturated heterocycles. The third-order valence-electron chi connectivity index (χ3n) is 11.3. The Morgan fingerprint density at radius 3 is 1.11 bits per heavy atom. The molecule has 12 rings (SSSR count). The molecule has 5 heterocycles. The van der Waals surface area contributed by atoms with Crippen molar-refractivity contribution in [2.24, 2.45) is 0 Å². The van der Waals surface area contributed by atoms with E-state index in [2.05, 4.69) is 86.2 Å². The normalized spacial score (nSPS) is 12.1. The molecule has 0 bridgehead atoms. The predicted octanol–water partition coefficient (Wildman–Crippen LogP) is 10.6. The summed E-state index contributed by atoms with van der Waals surface area (Å²) in [6.45, 7) is 0. The lowest BCUT2D eigenvalue weighted by Gasteiger charge is -2.08. The minimum atomic E-state index is 0.565. The van der Waals surface area contributed by atoms with Gasteiger partial charge in [0.25, 0.3) is 0 Å². The van der Waals surface area contributed by atoms with Crippen LogP contribution in [-0.4, -0.2) is 13.4 Å². The summed E-state index contributed by atoms with van der Waals surface area (Å²) in [6, 6.07) is 47.9. The molecular weight excluding hydrogens is 651 g/mol. The van der Waals surface area contributed by atoms with Crippen LogP contribution in [0.2, 0.25) is 0 Å². The Bertz CT molecular complexity index is 3600. The van der Waals surface area contributed by atoms with Crippen LogP contribution in [0, 0.1) is 45.3 Å². The molecule has 12 aromatic rings. The lowest BCUT2D eigenvalue weighted by atomic mass is 9.97. The first kappa shape index (κ1) is 27.7. The smallest absolute Gasteiger partial charge is 0.0992 e. The molecule has 0 aliphatic rings. The molecule has 0 amide bonds. The van der Waals surface area contributed by atoms with Crippen LogP contribution < -0.4 is 0 Å². The van der Waals surface area contributed by atoms with Crippen LogP contribution in [0.1, 0.15) is 22.3 Å². The third-order valence-corrected chi connectivity index (χ3v) is 11.3. The van der Waals surface area contributed by atoms with Gasteiger partial charge in [-0.2, -0.15) is 21.0 Å². The first-order valence-electron chi connectivity index (χ1n) is 17.2. The Hall–Kier alpha value is -8.10. The van der Waals surface area contributed by atoms with Crippen molar-refractivity contribution in [3.63, 3.8) is 0 Å². The maximum atomic E-state index is 10.0. The third kappa shape index (κ3) is 3.17. The molecule has 0 aliphatic heterocycles. The molecular formula is C46H19N7. The van der Waals surface area contributed by atoms with Gasteiger partial charge in [0.15, 0.2) is 0 Å². The highest BCUT2D eigenvalue weighted by Crippen LogP contribution is 2.51. The fourth-order valence-electron chi connectivity index (χ4n) is 9.32. The van der Waals surface area contributed by atoms with Gasteiger partial charge in [-0.25, -0.2) is 0 Å². The van der Waals surface area contributed by atoms with E-state index in [4.69, 9.17) is 0 Å². The van der Waals surface area contributed by atoms with Gasteiger partial charge in [-0.15, -0.1) is 0 Å². The topological polar surface area (TPSA) is 109 Å². The van der Waals surface area contributed by atoms with E-state index < -0.39 is 0 Å². The number of hydrogen-bond acceptors (Lipinski definition) is 4. The molecule has 0 atom stereocenters. The molecule has 53 heavy (non-hydrogen) atoms. The largest absolute Gasteiger partial charge is 0.309 e. The molecule has 0 fully saturated rings. The standard InChI is InChI=1S/C46H19N7/c47-20-24-6-10-29-33-18-39-43(41-31-12-8-26(22-49)16-37(31)52(45(33)41)35(29)14-24)44-40(51(39)28-4-2-1-3-5-28)19-34-30-11-7-25(21-48)15-36(30)53-38-17-27(23-50)9-13-32(38)42(44)46(34)53/h1-19H. The van der Waals surface area contributed by atoms with Crippen molar-refractivity contribution in [2.75, 3.05) is 0 Å². The van der Waals surface area contributed by atoms with Gasteiger partial charge < -0.3 is 13.4 Å². The molecule has 0 aliphatic carbocycles. The second kappa shape index (κ2) is 9.36. The monoisotopic (exact) mass is 669 g/mol. The molecule has 0 saturated carbocycles. The second-order valence-electron chi connectivity index (χ2n) is 13.8. The molecule has 7 heteroatoms. The number of benzene rings is 7. The number of hydrogen-bond donors (Lipinski definition) is 0. The van der Waals surface area contributed by atoms with Crippen molar-refractivity contribution >= 4 is 98.0 Å². The van der Waals surface area contributed by atoms with Gasteiger partial charge in [0.2, 0.25) is 0 Å². The Balaban J connectivity index is 1.45. The van der Waals surface area contributed by atoms with Gasteiger partial charge in [0.1, 0.15) is 0 Å². The van der Waals surface area contributed by atoms with Crippen molar-refractivity contribution in [3.05, 3.63) is 138 Å². The van der Waals surface area contributed by atoms with Crippen LogP contribution in [0.4, 0.5) is 0 Å². The Kier molecular flexibility index (Phi) is 4.89. The molecule has 0 unspecified atom stereocenters. The molecule has 5 aromatic heterocycles. The molecule has 0 radical (unpaired) electrons. The van der Waals surface area contributed by atoms with Crippen LogP contribution >= 0.6 is 0 Å². The van der Waals surface area contributed by atoms with Crippen LogP contribution in [-0.2, 0) is 0 Å². The first-order chi connectivity index (χ1) is 26.1. The van der Waals surface area contributed by atoms with E-state index in [1.165, 1.54) is 0 Å². The minimum absolute atomic E-state index is 0.565. The lowest BCUT2D eigenvalue weighted by Crippen LogP contribution is -1.93. The molecule has 7 nitrogen and oxygen atoms in total. The van der Waals surface area contributed by atoms with Crippen molar-refractivity contribution in [2.45, 2.75) is 0 Å². The molecule has 0 N–H and O–H groups in total. The van der Waals surface area contributed by atoms with Gasteiger partial charge in [-0.3, -0.25) is 0 Å². The van der Waals surface area contributed by atoms with Crippen LogP contribution in [0.3, 0.4) is 0 Å². The summed E-state index contributed by atoms with van der Waals surface area (Å²) in [4.78, 5) is 0. The fraction of sp³-hybridized carbons (Fsp3) is 0. The average molecular weight is 670 g/mol. The summed E-state index contributed by atoms with van der Waals surface area (Å²) in [6.07, 6.45) is 0. The Morgan fingerprint density at radius 2 is 0.717 bits per heavy atom. The second-order valence-corrected chi connectivity index (χ2v) is 13.8. The average Bonchev–Trinajstić information content (AvgIpc) is 3.99. The van der Waals surface area contributed by atoms with Crippen molar-refractivity contribution in [3.8, 4) is 30.0 Å². The highest BCUT2D eigenvalue weighted by molar-refractivity contribution is 6.42. The van der Waals surface area contributed by atoms with E-state index in [1.807, 2.05) is 66.7 Å². The summed E-state index contributed by atoms with van der Waals surface area (Å²) in [5, 5.41) is 50.5. The summed E-state index contributed by atoms with van der Waals surface area (Å²) in [7, 11) is 0. The predicted molar refractivity (Wildman–Crippen MR) is 209 cm³/mol. The highest BCUT2D eigenvalue weighted by atomic mass is 15.0. The van der Waals surface area contributed by atoms with Gasteiger partial charge in [-0.05, 0) is 72.8 Å². The van der Waals surface area contributed by atoms with Crippen molar-refractivity contribution < 1.29 is 0 Å². The van der Waals surface area contributed by atoms with Crippen molar-refractivity contribution in [1.29, 1.82) is 21.0 Å². The zero-order valence-corrected chi connectivity index (χ0v) is 27.6. The quantitative estimate of drug-likeness (QED) is 0.173. The number of aromatic nitrogens is 3. The SMILES string of the molecule is N#Cc1ccc2c3cc4c(c5c6c7ccc(C#N)cc7n7c8cc(C#N)ccc8c(cc5n4-c4ccccc4)c67)c4c5ccc(C#N)cc5n(c2c1)c34. The van der Waals surface area contributed by atoms with E-state index in [0.29, 0.717) is 22.3 Å². The number of fused-ring (bicyclic) bond motifs is 17. The van der Waals surface area contributed by atoms with Gasteiger partial charge in [0.05, 0.1) is 90.7 Å². The maximum absolute atomic E-state index is 10.0. The molecule has 238 valence electrons. The van der Waals surface area contributed by atoms with Crippen molar-refractivity contribution in [1.82, 2.24) is 13.4 Å². The fourth-order valence-corrected chi connectivity index (χ4v) is 9.32. The first-order valence-corrected chi connectivity index (χ1v) is 17.2. The van der Waals surface area contributed by atoms with Gasteiger partial charge >= 0.3 is 0 Å². The zero-order valence-electron chi connectivity index (χ0n) is 27.6. The molecule has 0 spiro atoms. The van der Waals surface area contributed by atoms with Crippen LogP contribution in [0.15, 0.2) is 115 Å². The van der Waals surface area contributed by atoms with E-state index in [-0.39, 0.29) is 0 Å². The number of nitriles is 4. The molecule has 7 aromatic carbocycles. The Morgan fingerprint density at radius 1 is 0.340 bits per heavy atom. The Labute approximate surface area is 299 Å². The van der Waals surface area contributed by atoms with Gasteiger partial charge in [0, 0.05) is 59.5 Å². The summed E-state index contributed by atoms with van der Waals surface area (Å²) >= 11 is 0. The minimum Gasteiger partial charge on any atom is -0.309 e. The lowest BCUT2D eigenvalue weighted by molar-refractivity contribution is 1.18. The summed E-state index contributed by atoms with van der Waals surface area (Å²) in [5.74, 6) is 0. The van der Waals surface area contributed by atoms with E-state index in [0.717, 1.165) is 104 Å². The zero-order chi connectivity index (χ0) is 35.3. The number of nitrogens with zero attached hydrogens (tertiary/aromatic N) is 7. The number of rotatable bonds is 1. The van der Waals surface area contributed by atoms with Crippen LogP contribution in [0.5, 0.6) is 0 Å². The summed E-state index contributed by atoms with van der Waals surface area (Å²) < 4.78 is 6.82. The highest BCUT2D eigenvalue weighted by Gasteiger charge is 2.29. The van der Waals surface area contributed by atoms with Crippen LogP contribution in [0.25, 0.3) is 104 Å². The summed E-state index contributed by atoms with van der Waals surface area (Å²) in [5.41, 5.74) is 11.1. The van der Waals surface area contributed by atoms with E-state index in [9.17, 15) is 21.0 Å². The number of para-hydroxylation sites is 1.